The first-order chi connectivity index (χ1) is 46.3. The Labute approximate surface area is 598 Å². The number of hydrogen-bond acceptors (Lipinski definition) is 13. The largest absolute Gasteiger partial charge is 0.382 e. The van der Waals surface area contributed by atoms with Crippen LogP contribution in [0.4, 0.5) is 0 Å². The van der Waals surface area contributed by atoms with Crippen molar-refractivity contribution < 1.29 is 62.3 Å². The summed E-state index contributed by atoms with van der Waals surface area (Å²) < 4.78 is 5.98. The van der Waals surface area contributed by atoms with Gasteiger partial charge in [0.2, 0.25) is 70.9 Å². The fourth-order valence-electron chi connectivity index (χ4n) is 14.9. The molecule has 3 saturated carbocycles. The van der Waals surface area contributed by atoms with E-state index in [1.807, 2.05) is 34.6 Å². The zero-order valence-corrected chi connectivity index (χ0v) is 64.2. The average molecular weight is 1490 g/mol. The highest BCUT2D eigenvalue weighted by Gasteiger charge is 2.43. The normalized spacial score (nSPS) is 29.8. The average Bonchev–Trinajstić information content (AvgIpc) is 0.828. The minimum atomic E-state index is -1.39. The molecule has 5 fully saturated rings. The second-order valence-electron chi connectivity index (χ2n) is 30.5. The van der Waals surface area contributed by atoms with Crippen LogP contribution >= 0.6 is 22.6 Å². The fraction of sp³-hybridized carbons (Fsp3) is 0.833. The monoisotopic (exact) mass is 1490 g/mol. The summed E-state index contributed by atoms with van der Waals surface area (Å²) in [6.45, 7) is 12.4. The number of piperidine rings is 1. The molecule has 2 unspecified atom stereocenters. The van der Waals surface area contributed by atoms with E-state index < -0.39 is 151 Å². The quantitative estimate of drug-likeness (QED) is 0.119. The summed E-state index contributed by atoms with van der Waals surface area (Å²) in [7, 11) is 11.6. The van der Waals surface area contributed by atoms with Crippen LogP contribution in [0.1, 0.15) is 196 Å². The molecule has 0 aromatic carbocycles. The van der Waals surface area contributed by atoms with Crippen molar-refractivity contribution in [2.75, 3.05) is 95.8 Å². The molecule has 26 heteroatoms. The molecule has 2 heterocycles. The molecule has 0 spiro atoms. The van der Waals surface area contributed by atoms with Gasteiger partial charge in [-0.25, -0.2) is 0 Å². The molecule has 5 aliphatic rings. The van der Waals surface area contributed by atoms with Crippen LogP contribution in [-0.4, -0.2) is 258 Å². The Bertz CT molecular complexity index is 2700. The van der Waals surface area contributed by atoms with Gasteiger partial charge in [0.05, 0.1) is 32.7 Å². The third-order valence-electron chi connectivity index (χ3n) is 21.5. The minimum absolute atomic E-state index is 0.0389. The maximum atomic E-state index is 15.4. The van der Waals surface area contributed by atoms with Crippen LogP contribution < -0.4 is 21.3 Å². The standard InChI is InChI=1S/C72H123IN12O13/c1-16-48(7)64-72(97)80(10)42-62(88)78(8)43-63(89)82(12)57(39-50-30-28-47(6)29-31-50)70(95)79(9)41-60(86)74-53(38-51-26-23-27-52(73)36-51)65(90)75-55(37-49-24-19-17-20-25-49)69(94)84(14)59(44-98-15)67(92)76-54(34-45(2)3)68(93)83(13)58(71(96)85-32-21-18-22-33-85)40-61(87)81(11)56(35-46(4)5)66(91)77-64/h45-59,64H,16-44H2,1-15H3,(H,74,86)(H,75,90)(H,76,92)(H,77,91)/t47?,48-,50?,51?,52?,53-,54+,55-,56-,57-,58-,59-,64-/m0/s1. The first-order valence-electron chi connectivity index (χ1n) is 36.7. The van der Waals surface area contributed by atoms with Crippen LogP contribution in [0.3, 0.4) is 0 Å². The highest BCUT2D eigenvalue weighted by atomic mass is 127. The first kappa shape index (κ1) is 83.0. The predicted octanol–water partition coefficient (Wildman–Crippen LogP) is 5.38. The molecule has 0 bridgehead atoms. The maximum absolute atomic E-state index is 15.4. The zero-order chi connectivity index (χ0) is 72.8. The summed E-state index contributed by atoms with van der Waals surface area (Å²) in [4.78, 5) is 189. The number of likely N-dealkylation sites (tertiary alicyclic amines) is 1. The Morgan fingerprint density at radius 1 is 0.500 bits per heavy atom. The topological polar surface area (TPSA) is 288 Å². The molecule has 0 aromatic heterocycles. The van der Waals surface area contributed by atoms with Gasteiger partial charge < -0.3 is 65.2 Å². The van der Waals surface area contributed by atoms with E-state index in [9.17, 15) is 38.4 Å². The van der Waals surface area contributed by atoms with Gasteiger partial charge in [-0.05, 0) is 106 Å². The molecule has 556 valence electrons. The number of carbonyl (C=O) groups excluding carboxylic acids is 12. The minimum Gasteiger partial charge on any atom is -0.382 e. The second-order valence-corrected chi connectivity index (χ2v) is 32.3. The van der Waals surface area contributed by atoms with Gasteiger partial charge >= 0.3 is 0 Å². The Kier molecular flexibility index (Phi) is 34.0. The third-order valence-corrected chi connectivity index (χ3v) is 22.7. The van der Waals surface area contributed by atoms with Crippen LogP contribution in [-0.2, 0) is 62.3 Å². The molecule has 0 radical (unpaired) electrons. The molecule has 11 atom stereocenters. The van der Waals surface area contributed by atoms with E-state index in [0.29, 0.717) is 48.6 Å². The van der Waals surface area contributed by atoms with Crippen LogP contribution in [0.5, 0.6) is 0 Å². The van der Waals surface area contributed by atoms with Crippen LogP contribution in [0.25, 0.3) is 0 Å². The Balaban J connectivity index is 1.62. The van der Waals surface area contributed by atoms with Gasteiger partial charge in [-0.3, -0.25) is 57.5 Å². The number of amides is 12. The van der Waals surface area contributed by atoms with E-state index >= 15 is 19.2 Å². The number of methoxy groups -OCH3 is 1. The van der Waals surface area contributed by atoms with Crippen molar-refractivity contribution in [3.05, 3.63) is 0 Å². The molecule has 0 aromatic rings. The first-order valence-corrected chi connectivity index (χ1v) is 37.9. The van der Waals surface area contributed by atoms with Crippen molar-refractivity contribution in [1.29, 1.82) is 0 Å². The van der Waals surface area contributed by atoms with Crippen molar-refractivity contribution in [1.82, 2.24) is 60.5 Å². The lowest BCUT2D eigenvalue weighted by Gasteiger charge is -2.38. The molecular weight excluding hydrogens is 1370 g/mol. The van der Waals surface area contributed by atoms with Gasteiger partial charge in [-0.2, -0.15) is 0 Å². The number of ether oxygens (including phenoxy) is 1. The smallest absolute Gasteiger partial charge is 0.245 e. The number of hydrogen-bond donors (Lipinski definition) is 4. The van der Waals surface area contributed by atoms with E-state index in [1.165, 1.54) is 90.7 Å². The van der Waals surface area contributed by atoms with Gasteiger partial charge in [0.15, 0.2) is 0 Å². The molecule has 3 aliphatic carbocycles. The van der Waals surface area contributed by atoms with Gasteiger partial charge in [-0.15, -0.1) is 0 Å². The summed E-state index contributed by atoms with van der Waals surface area (Å²) in [5.74, 6) is -7.44. The fourth-order valence-corrected chi connectivity index (χ4v) is 16.0. The zero-order valence-electron chi connectivity index (χ0n) is 62.0. The van der Waals surface area contributed by atoms with E-state index in [-0.39, 0.29) is 61.9 Å². The van der Waals surface area contributed by atoms with Crippen molar-refractivity contribution in [3.63, 3.8) is 0 Å². The highest BCUT2D eigenvalue weighted by Crippen LogP contribution is 2.35. The number of halogens is 1. The lowest BCUT2D eigenvalue weighted by molar-refractivity contribution is -0.151. The molecule has 12 amide bonds. The molecule has 2 aliphatic heterocycles. The molecule has 2 saturated heterocycles. The number of carbonyl (C=O) groups is 12. The molecular formula is C72H123IN12O13. The van der Waals surface area contributed by atoms with Gasteiger partial charge in [0, 0.05) is 73.5 Å². The van der Waals surface area contributed by atoms with Crippen LogP contribution in [0, 0.1) is 41.4 Å². The second kappa shape index (κ2) is 40.1. The maximum Gasteiger partial charge on any atom is 0.245 e. The lowest BCUT2D eigenvalue weighted by atomic mass is 9.79. The molecule has 25 nitrogen and oxygen atoms in total. The molecule has 98 heavy (non-hydrogen) atoms. The Morgan fingerprint density at radius 3 is 1.64 bits per heavy atom. The van der Waals surface area contributed by atoms with E-state index in [1.54, 1.807) is 11.8 Å². The summed E-state index contributed by atoms with van der Waals surface area (Å²) in [6, 6.07) is -9.70. The van der Waals surface area contributed by atoms with Gasteiger partial charge in [0.25, 0.3) is 0 Å². The van der Waals surface area contributed by atoms with Crippen LogP contribution in [0.15, 0.2) is 0 Å². The van der Waals surface area contributed by atoms with Crippen molar-refractivity contribution in [2.45, 2.75) is 248 Å². The predicted molar refractivity (Wildman–Crippen MR) is 383 cm³/mol. The summed E-state index contributed by atoms with van der Waals surface area (Å²) in [5.41, 5.74) is 0. The van der Waals surface area contributed by atoms with E-state index in [4.69, 9.17) is 4.74 Å². The lowest BCUT2D eigenvalue weighted by Crippen LogP contribution is -2.61. The van der Waals surface area contributed by atoms with Gasteiger partial charge in [0.1, 0.15) is 48.3 Å². The molecule has 5 rings (SSSR count). The Hall–Kier alpha value is -5.67. The number of rotatable bonds is 15. The molecule has 4 N–H and O–H groups in total. The number of nitrogens with zero attached hydrogens (tertiary/aromatic N) is 8. The van der Waals surface area contributed by atoms with Crippen molar-refractivity contribution in [3.8, 4) is 0 Å². The number of nitrogens with one attached hydrogen (secondary N) is 4. The van der Waals surface area contributed by atoms with Crippen molar-refractivity contribution in [2.24, 2.45) is 41.4 Å². The Morgan fingerprint density at radius 2 is 1.04 bits per heavy atom. The highest BCUT2D eigenvalue weighted by molar-refractivity contribution is 14.1. The summed E-state index contributed by atoms with van der Waals surface area (Å²) >= 11 is 2.42. The number of alkyl halides is 1. The van der Waals surface area contributed by atoms with E-state index in [0.717, 1.165) is 89.9 Å². The number of likely N-dealkylation sites (N-methyl/N-ethyl adjacent to an activating group) is 7. The SMILES string of the molecule is CC[C@H](C)[C@@H]1NC(=O)[C@H](CC(C)C)N(C)C(=O)C[C@@H](C(=O)N2CCCCC2)N(C)C(=O)[C@@H](CC(C)C)NC(=O)[C@H](COC)N(C)C(=O)[C@H](CC2CCCCC2)NC(=O)[C@H](CC2CCCC(I)C2)NC(=O)CN(C)C(=O)[C@H](CC2CCC(C)CC2)N(C)C(=O)CN(C)C(=O)CN(C)C1=O. The third kappa shape index (κ3) is 24.6. The summed E-state index contributed by atoms with van der Waals surface area (Å²) in [6.07, 6.45) is 14.8. The van der Waals surface area contributed by atoms with Crippen LogP contribution in [0.2, 0.25) is 0 Å². The van der Waals surface area contributed by atoms with Crippen molar-refractivity contribution >= 4 is 93.5 Å². The summed E-state index contributed by atoms with van der Waals surface area (Å²) in [5, 5.41) is 11.9. The van der Waals surface area contributed by atoms with Gasteiger partial charge in [-0.1, -0.05) is 148 Å². The van der Waals surface area contributed by atoms with E-state index in [2.05, 4.69) is 50.8 Å².